The van der Waals surface area contributed by atoms with Gasteiger partial charge in [0.1, 0.15) is 5.82 Å². The molecule has 1 saturated heterocycles. The van der Waals surface area contributed by atoms with Crippen LogP contribution in [0.5, 0.6) is 0 Å². The summed E-state index contributed by atoms with van der Waals surface area (Å²) in [6.45, 7) is 2.74. The van der Waals surface area contributed by atoms with E-state index < -0.39 is 5.97 Å². The molecular weight excluding hydrogens is 377 g/mol. The third-order valence-electron chi connectivity index (χ3n) is 5.35. The molecule has 8 heteroatoms. The van der Waals surface area contributed by atoms with Gasteiger partial charge in [-0.2, -0.15) is 0 Å². The first-order valence-electron chi connectivity index (χ1n) is 9.46. The van der Waals surface area contributed by atoms with Crippen molar-refractivity contribution in [1.82, 2.24) is 15.0 Å². The molecule has 7 nitrogen and oxygen atoms in total. The summed E-state index contributed by atoms with van der Waals surface area (Å²) in [6, 6.07) is 7.55. The second-order valence-electron chi connectivity index (χ2n) is 7.34. The lowest BCUT2D eigenvalue weighted by Crippen LogP contribution is -2.39. The van der Waals surface area contributed by atoms with Crippen molar-refractivity contribution < 1.29 is 23.6 Å². The van der Waals surface area contributed by atoms with Gasteiger partial charge in [0, 0.05) is 25.1 Å². The zero-order chi connectivity index (χ0) is 20.5. The maximum Gasteiger partial charge on any atom is 0.303 e. The van der Waals surface area contributed by atoms with Crippen LogP contribution < -0.4 is 0 Å². The first kappa shape index (κ1) is 19.0. The van der Waals surface area contributed by atoms with Crippen LogP contribution in [-0.2, 0) is 4.79 Å². The molecule has 0 radical (unpaired) electrons. The van der Waals surface area contributed by atoms with Gasteiger partial charge < -0.3 is 14.5 Å². The number of benzene rings is 1. The second kappa shape index (κ2) is 7.62. The number of piperidine rings is 1. The molecule has 4 rings (SSSR count). The number of amides is 1. The Hall–Kier alpha value is -3.29. The summed E-state index contributed by atoms with van der Waals surface area (Å²) in [4.78, 5) is 30.4. The summed E-state index contributed by atoms with van der Waals surface area (Å²) in [6.07, 6.45) is 1.43. The van der Waals surface area contributed by atoms with Crippen molar-refractivity contribution in [2.24, 2.45) is 5.92 Å². The Morgan fingerprint density at radius 3 is 2.59 bits per heavy atom. The van der Waals surface area contributed by atoms with E-state index in [-0.39, 0.29) is 29.8 Å². The van der Waals surface area contributed by atoms with Crippen molar-refractivity contribution in [3.05, 3.63) is 47.4 Å². The summed E-state index contributed by atoms with van der Waals surface area (Å²) in [5.74, 6) is -1.25. The van der Waals surface area contributed by atoms with Crippen LogP contribution in [0.15, 0.2) is 34.9 Å². The zero-order valence-electron chi connectivity index (χ0n) is 15.9. The van der Waals surface area contributed by atoms with Crippen LogP contribution in [0.4, 0.5) is 4.39 Å². The van der Waals surface area contributed by atoms with Crippen LogP contribution in [0.25, 0.3) is 22.4 Å². The molecule has 0 atom stereocenters. The van der Waals surface area contributed by atoms with Gasteiger partial charge in [-0.25, -0.2) is 9.37 Å². The highest BCUT2D eigenvalue weighted by molar-refractivity contribution is 6.07. The van der Waals surface area contributed by atoms with Gasteiger partial charge in [0.2, 0.25) is 0 Å². The summed E-state index contributed by atoms with van der Waals surface area (Å²) < 4.78 is 18.6. The van der Waals surface area contributed by atoms with Crippen molar-refractivity contribution in [2.45, 2.75) is 26.2 Å². The minimum atomic E-state index is -0.811. The Kier molecular flexibility index (Phi) is 5.00. The highest BCUT2D eigenvalue weighted by Gasteiger charge is 2.28. The minimum Gasteiger partial charge on any atom is -0.481 e. The maximum atomic E-state index is 13.3. The molecule has 0 bridgehead atoms. The SMILES string of the molecule is Cc1noc2nc(-c3ccc(F)cc3)cc(C(=O)N3CCC(CC(=O)O)CC3)c12. The fourth-order valence-corrected chi connectivity index (χ4v) is 3.79. The Morgan fingerprint density at radius 1 is 1.24 bits per heavy atom. The van der Waals surface area contributed by atoms with E-state index in [1.54, 1.807) is 30.0 Å². The number of rotatable bonds is 4. The Morgan fingerprint density at radius 2 is 1.93 bits per heavy atom. The van der Waals surface area contributed by atoms with Crippen LogP contribution in [0.2, 0.25) is 0 Å². The van der Waals surface area contributed by atoms with Crippen LogP contribution in [0.3, 0.4) is 0 Å². The lowest BCUT2D eigenvalue weighted by atomic mass is 9.93. The van der Waals surface area contributed by atoms with Gasteiger partial charge in [0.15, 0.2) is 0 Å². The van der Waals surface area contributed by atoms with E-state index in [1.807, 2.05) is 0 Å². The molecule has 29 heavy (non-hydrogen) atoms. The molecule has 150 valence electrons. The Labute approximate surface area is 166 Å². The van der Waals surface area contributed by atoms with Crippen molar-refractivity contribution in [3.8, 4) is 11.3 Å². The highest BCUT2D eigenvalue weighted by atomic mass is 19.1. The number of hydrogen-bond acceptors (Lipinski definition) is 5. The molecule has 0 spiro atoms. The van der Waals surface area contributed by atoms with Crippen molar-refractivity contribution >= 4 is 23.0 Å². The van der Waals surface area contributed by atoms with E-state index in [4.69, 9.17) is 9.63 Å². The van der Waals surface area contributed by atoms with E-state index >= 15 is 0 Å². The van der Waals surface area contributed by atoms with Crippen LogP contribution in [-0.4, -0.2) is 45.1 Å². The van der Waals surface area contributed by atoms with Gasteiger partial charge in [-0.05, 0) is 56.0 Å². The van der Waals surface area contributed by atoms with E-state index in [2.05, 4.69) is 10.1 Å². The zero-order valence-corrected chi connectivity index (χ0v) is 15.9. The van der Waals surface area contributed by atoms with Gasteiger partial charge in [-0.1, -0.05) is 5.16 Å². The lowest BCUT2D eigenvalue weighted by molar-refractivity contribution is -0.138. The molecule has 1 N–H and O–H groups in total. The molecule has 1 aromatic carbocycles. The van der Waals surface area contributed by atoms with Crippen LogP contribution in [0.1, 0.15) is 35.3 Å². The number of likely N-dealkylation sites (tertiary alicyclic amines) is 1. The predicted molar refractivity (Wildman–Crippen MR) is 103 cm³/mol. The standard InChI is InChI=1S/C21H20FN3O4/c1-12-19-16(21(28)25-8-6-13(7-9-25)10-18(26)27)11-17(23-20(19)29-24-12)14-2-4-15(22)5-3-14/h2-5,11,13H,6-10H2,1H3,(H,26,27). The average Bonchev–Trinajstić information content (AvgIpc) is 3.08. The molecule has 1 fully saturated rings. The molecule has 0 unspecified atom stereocenters. The highest BCUT2D eigenvalue weighted by Crippen LogP contribution is 2.29. The van der Waals surface area contributed by atoms with Crippen molar-refractivity contribution in [2.75, 3.05) is 13.1 Å². The van der Waals surface area contributed by atoms with Crippen molar-refractivity contribution in [1.29, 1.82) is 0 Å². The van der Waals surface area contributed by atoms with Gasteiger partial charge in [0.05, 0.1) is 22.3 Å². The number of aromatic nitrogens is 2. The van der Waals surface area contributed by atoms with Gasteiger partial charge >= 0.3 is 5.97 Å². The first-order valence-corrected chi connectivity index (χ1v) is 9.46. The number of carbonyl (C=O) groups excluding carboxylic acids is 1. The Balaban J connectivity index is 1.67. The number of carboxylic acid groups (broad SMARTS) is 1. The van der Waals surface area contributed by atoms with Gasteiger partial charge in [-0.15, -0.1) is 0 Å². The quantitative estimate of drug-likeness (QED) is 0.722. The topological polar surface area (TPSA) is 96.5 Å². The number of carboxylic acids is 1. The Bertz CT molecular complexity index is 1070. The molecule has 2 aromatic heterocycles. The lowest BCUT2D eigenvalue weighted by Gasteiger charge is -2.31. The summed E-state index contributed by atoms with van der Waals surface area (Å²) in [5.41, 5.74) is 2.43. The molecule has 0 aliphatic carbocycles. The minimum absolute atomic E-state index is 0.0844. The second-order valence-corrected chi connectivity index (χ2v) is 7.34. The predicted octanol–water partition coefficient (Wildman–Crippen LogP) is 3.66. The molecule has 1 aliphatic heterocycles. The fraction of sp³-hybridized carbons (Fsp3) is 0.333. The number of carbonyl (C=O) groups is 2. The van der Waals surface area contributed by atoms with E-state index in [0.717, 1.165) is 0 Å². The number of nitrogens with zero attached hydrogens (tertiary/aromatic N) is 3. The van der Waals surface area contributed by atoms with Crippen molar-refractivity contribution in [3.63, 3.8) is 0 Å². The third kappa shape index (κ3) is 3.83. The average molecular weight is 397 g/mol. The number of halogens is 1. The molecule has 3 aromatic rings. The molecule has 1 amide bonds. The number of aryl methyl sites for hydroxylation is 1. The smallest absolute Gasteiger partial charge is 0.303 e. The van der Waals surface area contributed by atoms with E-state index in [1.165, 1.54) is 12.1 Å². The monoisotopic (exact) mass is 397 g/mol. The summed E-state index contributed by atoms with van der Waals surface area (Å²) >= 11 is 0. The number of fused-ring (bicyclic) bond motifs is 1. The molecule has 0 saturated carbocycles. The van der Waals surface area contributed by atoms with Gasteiger partial charge in [-0.3, -0.25) is 9.59 Å². The van der Waals surface area contributed by atoms with Gasteiger partial charge in [0.25, 0.3) is 11.6 Å². The number of pyridine rings is 1. The largest absolute Gasteiger partial charge is 0.481 e. The molecular formula is C21H20FN3O4. The summed E-state index contributed by atoms with van der Waals surface area (Å²) in [7, 11) is 0. The summed E-state index contributed by atoms with van der Waals surface area (Å²) in [5, 5.41) is 13.5. The fourth-order valence-electron chi connectivity index (χ4n) is 3.79. The van der Waals surface area contributed by atoms with E-state index in [0.29, 0.717) is 53.8 Å². The normalized spacial score (nSPS) is 15.0. The third-order valence-corrected chi connectivity index (χ3v) is 5.35. The maximum absolute atomic E-state index is 13.3. The molecule has 1 aliphatic rings. The number of hydrogen-bond donors (Lipinski definition) is 1. The first-order chi connectivity index (χ1) is 13.9. The van der Waals surface area contributed by atoms with E-state index in [9.17, 15) is 14.0 Å². The molecule has 3 heterocycles. The van der Waals surface area contributed by atoms with Crippen LogP contribution in [0, 0.1) is 18.7 Å². The number of aliphatic carboxylic acids is 1. The van der Waals surface area contributed by atoms with Crippen LogP contribution >= 0.6 is 0 Å².